The van der Waals surface area contributed by atoms with Crippen LogP contribution in [-0.4, -0.2) is 15.0 Å². The summed E-state index contributed by atoms with van der Waals surface area (Å²) in [5, 5.41) is 2.48. The molecule has 0 aliphatic carbocycles. The standard InChI is InChI=1S/C15H8FN3S/c16-11-4-3-10(13-9(11)2-1-6-17-13)14-15-12(5-7-20-15)18-8-19-14/h1-8H. The molecule has 1 aromatic carbocycles. The maximum absolute atomic E-state index is 13.9. The van der Waals surface area contributed by atoms with Crippen LogP contribution in [0.4, 0.5) is 4.39 Å². The van der Waals surface area contributed by atoms with E-state index in [0.29, 0.717) is 10.9 Å². The summed E-state index contributed by atoms with van der Waals surface area (Å²) < 4.78 is 14.9. The van der Waals surface area contributed by atoms with E-state index in [1.165, 1.54) is 12.4 Å². The quantitative estimate of drug-likeness (QED) is 0.528. The van der Waals surface area contributed by atoms with Gasteiger partial charge in [-0.05, 0) is 35.7 Å². The molecule has 0 saturated carbocycles. The minimum Gasteiger partial charge on any atom is -0.255 e. The molecule has 4 aromatic rings. The van der Waals surface area contributed by atoms with Gasteiger partial charge in [0.15, 0.2) is 0 Å². The topological polar surface area (TPSA) is 38.7 Å². The summed E-state index contributed by atoms with van der Waals surface area (Å²) in [7, 11) is 0. The van der Waals surface area contributed by atoms with Gasteiger partial charge in [0.2, 0.25) is 0 Å². The summed E-state index contributed by atoms with van der Waals surface area (Å²) in [6.07, 6.45) is 3.20. The molecule has 0 unspecified atom stereocenters. The lowest BCUT2D eigenvalue weighted by Crippen LogP contribution is -1.91. The van der Waals surface area contributed by atoms with Crippen molar-refractivity contribution >= 4 is 32.5 Å². The van der Waals surface area contributed by atoms with Crippen molar-refractivity contribution < 1.29 is 4.39 Å². The van der Waals surface area contributed by atoms with Crippen molar-refractivity contribution in [3.05, 3.63) is 54.1 Å². The second kappa shape index (κ2) is 4.31. The lowest BCUT2D eigenvalue weighted by Gasteiger charge is -2.06. The van der Waals surface area contributed by atoms with Crippen LogP contribution in [-0.2, 0) is 0 Å². The molecule has 3 aromatic heterocycles. The molecule has 3 heterocycles. The Morgan fingerprint density at radius 1 is 1.00 bits per heavy atom. The fourth-order valence-electron chi connectivity index (χ4n) is 2.31. The van der Waals surface area contributed by atoms with E-state index in [9.17, 15) is 4.39 Å². The Labute approximate surface area is 117 Å². The first kappa shape index (κ1) is 11.4. The van der Waals surface area contributed by atoms with Crippen molar-refractivity contribution in [3.8, 4) is 11.3 Å². The normalized spacial score (nSPS) is 11.2. The molecule has 0 amide bonds. The van der Waals surface area contributed by atoms with Crippen LogP contribution in [0.2, 0.25) is 0 Å². The largest absolute Gasteiger partial charge is 0.255 e. The van der Waals surface area contributed by atoms with E-state index in [2.05, 4.69) is 15.0 Å². The van der Waals surface area contributed by atoms with Crippen LogP contribution < -0.4 is 0 Å². The molecule has 4 rings (SSSR count). The zero-order valence-corrected chi connectivity index (χ0v) is 11.1. The van der Waals surface area contributed by atoms with E-state index >= 15 is 0 Å². The average Bonchev–Trinajstić information content (AvgIpc) is 2.97. The Morgan fingerprint density at radius 2 is 1.95 bits per heavy atom. The van der Waals surface area contributed by atoms with Crippen LogP contribution >= 0.6 is 11.3 Å². The molecule has 0 bridgehead atoms. The van der Waals surface area contributed by atoms with Crippen LogP contribution in [0.5, 0.6) is 0 Å². The molecule has 0 fully saturated rings. The third kappa shape index (κ3) is 1.60. The molecule has 0 saturated heterocycles. The fourth-order valence-corrected chi connectivity index (χ4v) is 3.16. The first-order valence-corrected chi connectivity index (χ1v) is 6.94. The average molecular weight is 281 g/mol. The molecule has 0 radical (unpaired) electrons. The number of pyridine rings is 1. The molecule has 0 aliphatic rings. The predicted molar refractivity (Wildman–Crippen MR) is 78.1 cm³/mol. The Kier molecular flexibility index (Phi) is 2.47. The molecule has 0 aliphatic heterocycles. The summed E-state index contributed by atoms with van der Waals surface area (Å²) in [4.78, 5) is 12.9. The van der Waals surface area contributed by atoms with Crippen molar-refractivity contribution in [3.63, 3.8) is 0 Å². The Hall–Kier alpha value is -2.40. The molecule has 96 valence electrons. The Morgan fingerprint density at radius 3 is 2.90 bits per heavy atom. The number of halogens is 1. The van der Waals surface area contributed by atoms with Gasteiger partial charge in [0.25, 0.3) is 0 Å². The van der Waals surface area contributed by atoms with Gasteiger partial charge in [0, 0.05) is 17.1 Å². The zero-order valence-electron chi connectivity index (χ0n) is 10.2. The predicted octanol–water partition coefficient (Wildman–Crippen LogP) is 4.05. The van der Waals surface area contributed by atoms with Crippen LogP contribution in [0, 0.1) is 5.82 Å². The molecule has 0 N–H and O–H groups in total. The van der Waals surface area contributed by atoms with Gasteiger partial charge in [-0.15, -0.1) is 11.3 Å². The number of nitrogens with zero attached hydrogens (tertiary/aromatic N) is 3. The van der Waals surface area contributed by atoms with Gasteiger partial charge in [0.05, 0.1) is 21.4 Å². The van der Waals surface area contributed by atoms with Gasteiger partial charge in [-0.1, -0.05) is 0 Å². The highest BCUT2D eigenvalue weighted by Gasteiger charge is 2.13. The smallest absolute Gasteiger partial charge is 0.132 e. The van der Waals surface area contributed by atoms with Gasteiger partial charge in [-0.25, -0.2) is 14.4 Å². The van der Waals surface area contributed by atoms with Gasteiger partial charge in [-0.2, -0.15) is 0 Å². The van der Waals surface area contributed by atoms with Crippen molar-refractivity contribution in [1.29, 1.82) is 0 Å². The molecule has 0 spiro atoms. The van der Waals surface area contributed by atoms with Crippen molar-refractivity contribution in [2.45, 2.75) is 0 Å². The van der Waals surface area contributed by atoms with Gasteiger partial charge >= 0.3 is 0 Å². The third-order valence-electron chi connectivity index (χ3n) is 3.21. The number of aromatic nitrogens is 3. The van der Waals surface area contributed by atoms with Gasteiger partial charge in [-0.3, -0.25) is 4.98 Å². The van der Waals surface area contributed by atoms with Crippen molar-refractivity contribution in [1.82, 2.24) is 15.0 Å². The fraction of sp³-hybridized carbons (Fsp3) is 0. The number of fused-ring (bicyclic) bond motifs is 2. The van der Waals surface area contributed by atoms with Crippen LogP contribution in [0.1, 0.15) is 0 Å². The number of thiophene rings is 1. The van der Waals surface area contributed by atoms with E-state index in [-0.39, 0.29) is 5.82 Å². The molecule has 3 nitrogen and oxygen atoms in total. The van der Waals surface area contributed by atoms with Crippen molar-refractivity contribution in [2.75, 3.05) is 0 Å². The number of hydrogen-bond acceptors (Lipinski definition) is 4. The molecule has 5 heteroatoms. The lowest BCUT2D eigenvalue weighted by molar-refractivity contribution is 0.639. The highest BCUT2D eigenvalue weighted by Crippen LogP contribution is 2.33. The summed E-state index contributed by atoms with van der Waals surface area (Å²) in [5.74, 6) is -0.270. The van der Waals surface area contributed by atoms with Gasteiger partial charge in [0.1, 0.15) is 12.1 Å². The van der Waals surface area contributed by atoms with Crippen molar-refractivity contribution in [2.24, 2.45) is 0 Å². The number of hydrogen-bond donors (Lipinski definition) is 0. The lowest BCUT2D eigenvalue weighted by atomic mass is 10.1. The molecule has 20 heavy (non-hydrogen) atoms. The molecule has 0 atom stereocenters. The summed E-state index contributed by atoms with van der Waals surface area (Å²) in [5.41, 5.74) is 3.15. The third-order valence-corrected chi connectivity index (χ3v) is 4.13. The maximum Gasteiger partial charge on any atom is 0.132 e. The highest BCUT2D eigenvalue weighted by molar-refractivity contribution is 7.17. The van der Waals surface area contributed by atoms with Crippen LogP contribution in [0.25, 0.3) is 32.4 Å². The van der Waals surface area contributed by atoms with Crippen LogP contribution in [0.3, 0.4) is 0 Å². The van der Waals surface area contributed by atoms with E-state index in [0.717, 1.165) is 21.5 Å². The van der Waals surface area contributed by atoms with E-state index in [1.807, 2.05) is 11.4 Å². The Bertz CT molecular complexity index is 933. The number of rotatable bonds is 1. The van der Waals surface area contributed by atoms with Gasteiger partial charge < -0.3 is 0 Å². The highest BCUT2D eigenvalue weighted by atomic mass is 32.1. The first-order valence-electron chi connectivity index (χ1n) is 6.06. The first-order chi connectivity index (χ1) is 9.84. The Balaban J connectivity index is 2.13. The van der Waals surface area contributed by atoms with Crippen LogP contribution in [0.15, 0.2) is 48.2 Å². The number of benzene rings is 1. The van der Waals surface area contributed by atoms with E-state index in [1.54, 1.807) is 35.7 Å². The molecular weight excluding hydrogens is 273 g/mol. The minimum absolute atomic E-state index is 0.270. The zero-order chi connectivity index (χ0) is 13.5. The van der Waals surface area contributed by atoms with E-state index in [4.69, 9.17) is 0 Å². The maximum atomic E-state index is 13.9. The minimum atomic E-state index is -0.270. The monoisotopic (exact) mass is 281 g/mol. The second-order valence-electron chi connectivity index (χ2n) is 4.35. The summed E-state index contributed by atoms with van der Waals surface area (Å²) in [6.45, 7) is 0. The van der Waals surface area contributed by atoms with E-state index < -0.39 is 0 Å². The summed E-state index contributed by atoms with van der Waals surface area (Å²) in [6, 6.07) is 8.60. The SMILES string of the molecule is Fc1ccc(-c2ncnc3ccsc23)c2ncccc12. The summed E-state index contributed by atoms with van der Waals surface area (Å²) >= 11 is 1.58. The second-order valence-corrected chi connectivity index (χ2v) is 5.27. The molecular formula is C15H8FN3S.